The van der Waals surface area contributed by atoms with Crippen molar-refractivity contribution in [2.75, 3.05) is 16.8 Å². The summed E-state index contributed by atoms with van der Waals surface area (Å²) in [7, 11) is 0. The van der Waals surface area contributed by atoms with Crippen molar-refractivity contribution in [2.24, 2.45) is 0 Å². The number of anilines is 2. The number of benzene rings is 2. The third-order valence-corrected chi connectivity index (χ3v) is 4.71. The Morgan fingerprint density at radius 3 is 2.42 bits per heavy atom. The number of likely N-dealkylation sites (N-methyl/N-ethyl adjacent to an activating group) is 1. The van der Waals surface area contributed by atoms with E-state index in [0.29, 0.717) is 29.6 Å². The molecule has 0 aliphatic carbocycles. The van der Waals surface area contributed by atoms with Crippen molar-refractivity contribution >= 4 is 23.2 Å². The van der Waals surface area contributed by atoms with E-state index in [-0.39, 0.29) is 5.91 Å². The molecule has 1 heterocycles. The van der Waals surface area contributed by atoms with Gasteiger partial charge in [0.1, 0.15) is 5.75 Å². The lowest BCUT2D eigenvalue weighted by atomic mass is 9.99. The average Bonchev–Trinajstić information content (AvgIpc) is 2.63. The highest BCUT2D eigenvalue weighted by atomic mass is 16.5. The van der Waals surface area contributed by atoms with Crippen LogP contribution in [-0.2, 0) is 9.59 Å². The highest BCUT2D eigenvalue weighted by molar-refractivity contribution is 6.19. The molecule has 1 aliphatic heterocycles. The molecule has 1 unspecified atom stereocenters. The summed E-state index contributed by atoms with van der Waals surface area (Å²) in [4.78, 5) is 27.4. The largest absolute Gasteiger partial charge is 0.465 e. The minimum atomic E-state index is -1.61. The summed E-state index contributed by atoms with van der Waals surface area (Å²) < 4.78 is 5.86. The fraction of sp³-hybridized carbons (Fsp3) is 0.333. The number of ether oxygens (including phenoxy) is 1. The van der Waals surface area contributed by atoms with Gasteiger partial charge in [-0.1, -0.05) is 38.1 Å². The number of carbonyl (C=O) groups excluding carboxylic acids is 2. The molecule has 1 atom stereocenters. The second-order valence-corrected chi connectivity index (χ2v) is 6.88. The van der Waals surface area contributed by atoms with Gasteiger partial charge in [-0.3, -0.25) is 9.59 Å². The first-order chi connectivity index (χ1) is 12.4. The fourth-order valence-corrected chi connectivity index (χ4v) is 3.06. The van der Waals surface area contributed by atoms with Gasteiger partial charge in [-0.05, 0) is 49.6 Å². The molecule has 5 nitrogen and oxygen atoms in total. The summed E-state index contributed by atoms with van der Waals surface area (Å²) in [5.74, 6) is 0.0969. The number of carbonyl (C=O) groups is 2. The Morgan fingerprint density at radius 2 is 1.81 bits per heavy atom. The molecule has 2 amide bonds. The van der Waals surface area contributed by atoms with Gasteiger partial charge >= 0.3 is 0 Å². The Kier molecular flexibility index (Phi) is 4.72. The van der Waals surface area contributed by atoms with E-state index in [4.69, 9.17) is 4.74 Å². The molecule has 0 fully saturated rings. The first kappa shape index (κ1) is 18.0. The van der Waals surface area contributed by atoms with Gasteiger partial charge in [-0.25, -0.2) is 0 Å². The lowest BCUT2D eigenvalue weighted by molar-refractivity contribution is -0.145. The number of fused-ring (bicyclic) bond motifs is 1. The SMILES string of the molecule is CCN1C(=O)C(C)(C(=O)Nc2ccc(C(C)C)cc2)Oc2ccccc21. The van der Waals surface area contributed by atoms with Gasteiger partial charge in [-0.15, -0.1) is 0 Å². The molecule has 0 saturated carbocycles. The maximum atomic E-state index is 13.0. The summed E-state index contributed by atoms with van der Waals surface area (Å²) in [6.45, 7) is 8.08. The highest BCUT2D eigenvalue weighted by Crippen LogP contribution is 2.38. The van der Waals surface area contributed by atoms with Crippen LogP contribution in [0.2, 0.25) is 0 Å². The van der Waals surface area contributed by atoms with Crippen LogP contribution in [0, 0.1) is 0 Å². The lowest BCUT2D eigenvalue weighted by Crippen LogP contribution is -2.60. The number of para-hydroxylation sites is 2. The molecule has 1 N–H and O–H groups in total. The molecule has 0 spiro atoms. The normalized spacial score (nSPS) is 19.1. The highest BCUT2D eigenvalue weighted by Gasteiger charge is 2.50. The van der Waals surface area contributed by atoms with Crippen LogP contribution in [0.15, 0.2) is 48.5 Å². The van der Waals surface area contributed by atoms with E-state index in [1.807, 2.05) is 49.4 Å². The number of nitrogens with one attached hydrogen (secondary N) is 1. The van der Waals surface area contributed by atoms with Gasteiger partial charge in [-0.2, -0.15) is 0 Å². The lowest BCUT2D eigenvalue weighted by Gasteiger charge is -2.39. The molecule has 0 bridgehead atoms. The van der Waals surface area contributed by atoms with Crippen LogP contribution in [0.5, 0.6) is 5.75 Å². The van der Waals surface area contributed by atoms with E-state index < -0.39 is 11.5 Å². The Bertz CT molecular complexity index is 829. The smallest absolute Gasteiger partial charge is 0.280 e. The Morgan fingerprint density at radius 1 is 1.15 bits per heavy atom. The summed E-state index contributed by atoms with van der Waals surface area (Å²) in [5.41, 5.74) is 0.900. The Balaban J connectivity index is 1.87. The molecular weight excluding hydrogens is 328 g/mol. The number of rotatable bonds is 4. The first-order valence-corrected chi connectivity index (χ1v) is 8.88. The van der Waals surface area contributed by atoms with E-state index in [1.165, 1.54) is 12.5 Å². The zero-order valence-electron chi connectivity index (χ0n) is 15.6. The Labute approximate surface area is 154 Å². The van der Waals surface area contributed by atoms with Crippen molar-refractivity contribution in [3.8, 4) is 5.75 Å². The molecule has 5 heteroatoms. The summed E-state index contributed by atoms with van der Waals surface area (Å²) in [6, 6.07) is 14.9. The van der Waals surface area contributed by atoms with Gasteiger partial charge in [0.25, 0.3) is 17.4 Å². The average molecular weight is 352 g/mol. The number of nitrogens with zero attached hydrogens (tertiary/aromatic N) is 1. The van der Waals surface area contributed by atoms with Crippen molar-refractivity contribution in [2.45, 2.75) is 39.2 Å². The third-order valence-electron chi connectivity index (χ3n) is 4.71. The van der Waals surface area contributed by atoms with Gasteiger partial charge in [0.15, 0.2) is 0 Å². The number of hydrogen-bond donors (Lipinski definition) is 1. The maximum absolute atomic E-state index is 13.0. The molecule has 0 aromatic heterocycles. The summed E-state index contributed by atoms with van der Waals surface area (Å²) in [5, 5.41) is 2.81. The van der Waals surface area contributed by atoms with Crippen LogP contribution >= 0.6 is 0 Å². The van der Waals surface area contributed by atoms with Crippen LogP contribution < -0.4 is 15.0 Å². The quantitative estimate of drug-likeness (QED) is 0.848. The van der Waals surface area contributed by atoms with Crippen molar-refractivity contribution in [3.63, 3.8) is 0 Å². The molecule has 1 aliphatic rings. The van der Waals surface area contributed by atoms with Crippen molar-refractivity contribution in [1.82, 2.24) is 0 Å². The second-order valence-electron chi connectivity index (χ2n) is 6.88. The molecule has 2 aromatic rings. The van der Waals surface area contributed by atoms with E-state index >= 15 is 0 Å². The molecule has 0 saturated heterocycles. The zero-order valence-corrected chi connectivity index (χ0v) is 15.6. The maximum Gasteiger partial charge on any atom is 0.280 e. The van der Waals surface area contributed by atoms with Crippen LogP contribution in [0.4, 0.5) is 11.4 Å². The van der Waals surface area contributed by atoms with E-state index in [0.717, 1.165) is 0 Å². The fourth-order valence-electron chi connectivity index (χ4n) is 3.06. The molecule has 2 aromatic carbocycles. The van der Waals surface area contributed by atoms with Crippen molar-refractivity contribution < 1.29 is 14.3 Å². The molecule has 3 rings (SSSR count). The van der Waals surface area contributed by atoms with E-state index in [2.05, 4.69) is 19.2 Å². The minimum Gasteiger partial charge on any atom is -0.465 e. The summed E-state index contributed by atoms with van der Waals surface area (Å²) in [6.07, 6.45) is 0. The van der Waals surface area contributed by atoms with Crippen molar-refractivity contribution in [1.29, 1.82) is 0 Å². The number of hydrogen-bond acceptors (Lipinski definition) is 3. The third kappa shape index (κ3) is 3.05. The Hall–Kier alpha value is -2.82. The zero-order chi connectivity index (χ0) is 18.9. The van der Waals surface area contributed by atoms with Crippen LogP contribution in [0.1, 0.15) is 39.2 Å². The van der Waals surface area contributed by atoms with Gasteiger partial charge in [0.05, 0.1) is 5.69 Å². The topological polar surface area (TPSA) is 58.6 Å². The summed E-state index contributed by atoms with van der Waals surface area (Å²) >= 11 is 0. The van der Waals surface area contributed by atoms with Crippen LogP contribution in [-0.4, -0.2) is 24.0 Å². The predicted octanol–water partition coefficient (Wildman–Crippen LogP) is 3.95. The van der Waals surface area contributed by atoms with E-state index in [9.17, 15) is 9.59 Å². The second kappa shape index (κ2) is 6.83. The molecule has 136 valence electrons. The minimum absolute atomic E-state index is 0.366. The molecule has 26 heavy (non-hydrogen) atoms. The molecule has 0 radical (unpaired) electrons. The van der Waals surface area contributed by atoms with Crippen molar-refractivity contribution in [3.05, 3.63) is 54.1 Å². The predicted molar refractivity (Wildman–Crippen MR) is 103 cm³/mol. The van der Waals surface area contributed by atoms with Gasteiger partial charge in [0.2, 0.25) is 0 Å². The monoisotopic (exact) mass is 352 g/mol. The van der Waals surface area contributed by atoms with Gasteiger partial charge in [0, 0.05) is 12.2 Å². The van der Waals surface area contributed by atoms with Crippen LogP contribution in [0.25, 0.3) is 0 Å². The molecular formula is C21H24N2O3. The van der Waals surface area contributed by atoms with Gasteiger partial charge < -0.3 is 15.0 Å². The number of amides is 2. The van der Waals surface area contributed by atoms with E-state index in [1.54, 1.807) is 11.0 Å². The first-order valence-electron chi connectivity index (χ1n) is 8.88. The van der Waals surface area contributed by atoms with Crippen LogP contribution in [0.3, 0.4) is 0 Å². The standard InChI is InChI=1S/C21H24N2O3/c1-5-23-17-8-6-7-9-18(17)26-21(4,20(23)25)19(24)22-16-12-10-15(11-13-16)14(2)3/h6-14H,5H2,1-4H3,(H,22,24).